The van der Waals surface area contributed by atoms with E-state index in [1.807, 2.05) is 19.1 Å². The number of benzene rings is 1. The van der Waals surface area contributed by atoms with Gasteiger partial charge in [-0.1, -0.05) is 18.2 Å². The zero-order chi connectivity index (χ0) is 15.1. The molecular formula is C15H14BrNO4. The summed E-state index contributed by atoms with van der Waals surface area (Å²) in [5, 5.41) is 12.1. The fraction of sp³-hybridized carbons (Fsp3) is 0.333. The normalized spacial score (nSPS) is 29.6. The third-order valence-electron chi connectivity index (χ3n) is 3.87. The number of aryl methyl sites for hydroxylation is 1. The molecule has 2 heterocycles. The molecule has 2 N–H and O–H groups in total. The lowest BCUT2D eigenvalue weighted by Gasteiger charge is -2.21. The van der Waals surface area contributed by atoms with Gasteiger partial charge in [0.25, 0.3) is 0 Å². The standard InChI is InChI=1S/C15H14BrNO4/c1-7-2-3-9(8(16)6-7)17-14(18)12-10-4-5-11(21-10)13(12)15(19)20/h2-6,10-13H,1H3,(H,17,18)(H,19,20)/t10-,11+,12+,13-/m0/s1. The van der Waals surface area contributed by atoms with Crippen molar-refractivity contribution in [1.82, 2.24) is 0 Å². The van der Waals surface area contributed by atoms with Gasteiger partial charge in [0.15, 0.2) is 0 Å². The van der Waals surface area contributed by atoms with Gasteiger partial charge in [0, 0.05) is 4.47 Å². The highest BCUT2D eigenvalue weighted by Gasteiger charge is 2.53. The van der Waals surface area contributed by atoms with E-state index in [0.717, 1.165) is 10.0 Å². The maximum absolute atomic E-state index is 12.4. The summed E-state index contributed by atoms with van der Waals surface area (Å²) in [6.07, 6.45) is 2.51. The van der Waals surface area contributed by atoms with Gasteiger partial charge in [-0.2, -0.15) is 0 Å². The molecule has 0 saturated carbocycles. The number of carboxylic acid groups (broad SMARTS) is 1. The molecule has 0 spiro atoms. The maximum Gasteiger partial charge on any atom is 0.310 e. The number of amides is 1. The van der Waals surface area contributed by atoms with Crippen LogP contribution < -0.4 is 5.32 Å². The minimum absolute atomic E-state index is 0.330. The smallest absolute Gasteiger partial charge is 0.310 e. The molecule has 0 aromatic heterocycles. The van der Waals surface area contributed by atoms with E-state index in [9.17, 15) is 14.7 Å². The number of rotatable bonds is 3. The molecule has 5 nitrogen and oxygen atoms in total. The van der Waals surface area contributed by atoms with Gasteiger partial charge >= 0.3 is 5.97 Å². The number of fused-ring (bicyclic) bond motifs is 2. The maximum atomic E-state index is 12.4. The Labute approximate surface area is 130 Å². The molecule has 0 radical (unpaired) electrons. The second kappa shape index (κ2) is 5.27. The van der Waals surface area contributed by atoms with E-state index in [-0.39, 0.29) is 5.91 Å². The summed E-state index contributed by atoms with van der Waals surface area (Å²) in [5.41, 5.74) is 1.69. The Balaban J connectivity index is 1.82. The van der Waals surface area contributed by atoms with Crippen molar-refractivity contribution in [3.63, 3.8) is 0 Å². The molecule has 1 saturated heterocycles. The monoisotopic (exact) mass is 351 g/mol. The lowest BCUT2D eigenvalue weighted by molar-refractivity contribution is -0.145. The van der Waals surface area contributed by atoms with Crippen LogP contribution in [0.25, 0.3) is 0 Å². The number of hydrogen-bond donors (Lipinski definition) is 2. The van der Waals surface area contributed by atoms with Crippen LogP contribution in [0.4, 0.5) is 5.69 Å². The molecule has 1 aromatic carbocycles. The molecule has 1 amide bonds. The summed E-state index contributed by atoms with van der Waals surface area (Å²) in [6.45, 7) is 1.95. The van der Waals surface area contributed by atoms with Gasteiger partial charge in [0.05, 0.1) is 23.8 Å². The molecule has 2 aliphatic rings. The zero-order valence-electron chi connectivity index (χ0n) is 11.2. The average Bonchev–Trinajstić information content (AvgIpc) is 3.02. The predicted molar refractivity (Wildman–Crippen MR) is 79.9 cm³/mol. The van der Waals surface area contributed by atoms with Gasteiger partial charge in [-0.25, -0.2) is 0 Å². The second-order valence-electron chi connectivity index (χ2n) is 5.31. The van der Waals surface area contributed by atoms with Crippen LogP contribution in [-0.2, 0) is 14.3 Å². The molecule has 1 aromatic rings. The number of anilines is 1. The van der Waals surface area contributed by atoms with Crippen molar-refractivity contribution in [2.24, 2.45) is 11.8 Å². The summed E-state index contributed by atoms with van der Waals surface area (Å²) >= 11 is 3.39. The lowest BCUT2D eigenvalue weighted by Crippen LogP contribution is -2.39. The first-order chi connectivity index (χ1) is 9.97. The average molecular weight is 352 g/mol. The number of nitrogens with one attached hydrogen (secondary N) is 1. The minimum Gasteiger partial charge on any atom is -0.481 e. The van der Waals surface area contributed by atoms with Gasteiger partial charge in [0.2, 0.25) is 5.91 Å². The highest BCUT2D eigenvalue weighted by atomic mass is 79.9. The number of aliphatic carboxylic acids is 1. The van der Waals surface area contributed by atoms with Crippen molar-refractivity contribution in [3.05, 3.63) is 40.4 Å². The molecular weight excluding hydrogens is 338 g/mol. The van der Waals surface area contributed by atoms with E-state index in [1.165, 1.54) is 0 Å². The summed E-state index contributed by atoms with van der Waals surface area (Å²) in [7, 11) is 0. The van der Waals surface area contributed by atoms with Crippen molar-refractivity contribution in [2.45, 2.75) is 19.1 Å². The van der Waals surface area contributed by atoms with Gasteiger partial charge in [-0.3, -0.25) is 9.59 Å². The fourth-order valence-electron chi connectivity index (χ4n) is 2.85. The second-order valence-corrected chi connectivity index (χ2v) is 6.17. The first-order valence-electron chi connectivity index (χ1n) is 6.61. The van der Waals surface area contributed by atoms with Crippen molar-refractivity contribution in [1.29, 1.82) is 0 Å². The number of carbonyl (C=O) groups excluding carboxylic acids is 1. The largest absolute Gasteiger partial charge is 0.481 e. The van der Waals surface area contributed by atoms with Crippen molar-refractivity contribution in [2.75, 3.05) is 5.32 Å². The molecule has 21 heavy (non-hydrogen) atoms. The molecule has 0 aliphatic carbocycles. The molecule has 110 valence electrons. The van der Waals surface area contributed by atoms with Crippen molar-refractivity contribution in [3.8, 4) is 0 Å². The molecule has 3 rings (SSSR count). The third-order valence-corrected chi connectivity index (χ3v) is 4.53. The van der Waals surface area contributed by atoms with Crippen LogP contribution in [0.15, 0.2) is 34.8 Å². The Bertz CT molecular complexity index is 643. The first kappa shape index (κ1) is 14.3. The lowest BCUT2D eigenvalue weighted by atomic mass is 9.82. The van der Waals surface area contributed by atoms with E-state index in [0.29, 0.717) is 5.69 Å². The summed E-state index contributed by atoms with van der Waals surface area (Å²) in [6, 6.07) is 5.56. The number of carboxylic acids is 1. The summed E-state index contributed by atoms with van der Waals surface area (Å²) in [4.78, 5) is 23.8. The highest BCUT2D eigenvalue weighted by molar-refractivity contribution is 9.10. The number of ether oxygens (including phenoxy) is 1. The number of halogens is 1. The molecule has 4 atom stereocenters. The highest BCUT2D eigenvalue weighted by Crippen LogP contribution is 2.40. The Kier molecular flexibility index (Phi) is 3.59. The van der Waals surface area contributed by atoms with E-state index < -0.39 is 30.0 Å². The SMILES string of the molecule is Cc1ccc(NC(=O)[C@H]2[C@@H](C(=O)O)[C@H]3C=C[C@@H]2O3)c(Br)c1. The number of hydrogen-bond acceptors (Lipinski definition) is 3. The Hall–Kier alpha value is -1.66. The van der Waals surface area contributed by atoms with E-state index in [2.05, 4.69) is 21.2 Å². The van der Waals surface area contributed by atoms with Gasteiger partial charge in [-0.15, -0.1) is 0 Å². The summed E-state index contributed by atoms with van der Waals surface area (Å²) < 4.78 is 6.27. The third kappa shape index (κ3) is 2.49. The van der Waals surface area contributed by atoms with Crippen molar-refractivity contribution < 1.29 is 19.4 Å². The number of carbonyl (C=O) groups is 2. The van der Waals surface area contributed by atoms with Crippen LogP contribution in [0, 0.1) is 18.8 Å². The predicted octanol–water partition coefficient (Wildman–Crippen LogP) is 2.35. The molecule has 2 bridgehead atoms. The van der Waals surface area contributed by atoms with Crippen molar-refractivity contribution >= 4 is 33.5 Å². The molecule has 0 unspecified atom stereocenters. The van der Waals surface area contributed by atoms with E-state index >= 15 is 0 Å². The molecule has 1 fully saturated rings. The zero-order valence-corrected chi connectivity index (χ0v) is 12.8. The quantitative estimate of drug-likeness (QED) is 0.819. The Morgan fingerprint density at radius 2 is 1.90 bits per heavy atom. The molecule has 2 aliphatic heterocycles. The first-order valence-corrected chi connectivity index (χ1v) is 7.40. The van der Waals surface area contributed by atoms with Crippen LogP contribution in [-0.4, -0.2) is 29.2 Å². The van der Waals surface area contributed by atoms with Crippen LogP contribution in [0.1, 0.15) is 5.56 Å². The van der Waals surface area contributed by atoms with Crippen LogP contribution >= 0.6 is 15.9 Å². The van der Waals surface area contributed by atoms with Crippen LogP contribution in [0.5, 0.6) is 0 Å². The Morgan fingerprint density at radius 1 is 1.24 bits per heavy atom. The molecule has 6 heteroatoms. The van der Waals surface area contributed by atoms with E-state index in [4.69, 9.17) is 4.74 Å². The minimum atomic E-state index is -1.00. The van der Waals surface area contributed by atoms with Gasteiger partial charge < -0.3 is 15.2 Å². The topological polar surface area (TPSA) is 75.6 Å². The van der Waals surface area contributed by atoms with Crippen LogP contribution in [0.3, 0.4) is 0 Å². The van der Waals surface area contributed by atoms with Gasteiger partial charge in [0.1, 0.15) is 5.92 Å². The van der Waals surface area contributed by atoms with E-state index in [1.54, 1.807) is 18.2 Å². The fourth-order valence-corrected chi connectivity index (χ4v) is 3.44. The van der Waals surface area contributed by atoms with Gasteiger partial charge in [-0.05, 0) is 40.5 Å². The Morgan fingerprint density at radius 3 is 2.52 bits per heavy atom. The summed E-state index contributed by atoms with van der Waals surface area (Å²) in [5.74, 6) is -2.87. The van der Waals surface area contributed by atoms with Crippen LogP contribution in [0.2, 0.25) is 0 Å².